The SMILES string of the molecule is COc1ccc2ccccc2c1S(=O)c1ccccc1C1=N[C@@H](C(C)(C)OC)CO1. The van der Waals surface area contributed by atoms with Crippen LogP contribution in [0.3, 0.4) is 0 Å². The third-order valence-electron chi connectivity index (χ3n) is 5.55. The van der Waals surface area contributed by atoms with Crippen LogP contribution < -0.4 is 4.74 Å². The molecule has 0 fully saturated rings. The summed E-state index contributed by atoms with van der Waals surface area (Å²) in [5.74, 6) is 1.09. The zero-order chi connectivity index (χ0) is 21.3. The predicted molar refractivity (Wildman–Crippen MR) is 119 cm³/mol. The largest absolute Gasteiger partial charge is 0.495 e. The van der Waals surface area contributed by atoms with Gasteiger partial charge in [-0.15, -0.1) is 0 Å². The van der Waals surface area contributed by atoms with Crippen LogP contribution in [0.1, 0.15) is 19.4 Å². The molecule has 0 N–H and O–H groups in total. The molecule has 1 aliphatic heterocycles. The molecular formula is C24H25NO4S. The Balaban J connectivity index is 1.82. The van der Waals surface area contributed by atoms with Gasteiger partial charge in [0.25, 0.3) is 0 Å². The Hall–Kier alpha value is -2.70. The lowest BCUT2D eigenvalue weighted by atomic mass is 10.0. The maximum Gasteiger partial charge on any atom is 0.217 e. The number of aliphatic imine (C=N–C) groups is 1. The van der Waals surface area contributed by atoms with Crippen molar-refractivity contribution in [1.82, 2.24) is 0 Å². The Kier molecular flexibility index (Phi) is 5.62. The number of nitrogens with zero attached hydrogens (tertiary/aromatic N) is 1. The molecule has 3 aromatic rings. The summed E-state index contributed by atoms with van der Waals surface area (Å²) < 4.78 is 30.9. The van der Waals surface area contributed by atoms with Crippen molar-refractivity contribution < 1.29 is 18.4 Å². The minimum absolute atomic E-state index is 0.133. The standard InChI is InChI=1S/C24H25NO4S/c1-24(2,28-4)21-15-29-23(25-21)18-11-7-8-12-20(18)30(26)22-17-10-6-5-9-16(17)13-14-19(22)27-3/h5-14,21H,15H2,1-4H3/t21-,30?/m1/s1. The summed E-state index contributed by atoms with van der Waals surface area (Å²) >= 11 is 0. The fourth-order valence-corrected chi connectivity index (χ4v) is 5.00. The zero-order valence-corrected chi connectivity index (χ0v) is 18.4. The minimum Gasteiger partial charge on any atom is -0.495 e. The first kappa shape index (κ1) is 20.6. The van der Waals surface area contributed by atoms with Crippen molar-refractivity contribution in [2.45, 2.75) is 35.3 Å². The summed E-state index contributed by atoms with van der Waals surface area (Å²) in [6, 6.07) is 19.1. The average molecular weight is 424 g/mol. The van der Waals surface area contributed by atoms with Crippen LogP contribution in [0.25, 0.3) is 10.8 Å². The van der Waals surface area contributed by atoms with Gasteiger partial charge >= 0.3 is 0 Å². The highest BCUT2D eigenvalue weighted by Crippen LogP contribution is 2.35. The van der Waals surface area contributed by atoms with Gasteiger partial charge in [-0.25, -0.2) is 9.20 Å². The van der Waals surface area contributed by atoms with E-state index in [0.29, 0.717) is 28.0 Å². The van der Waals surface area contributed by atoms with E-state index < -0.39 is 16.4 Å². The molecule has 156 valence electrons. The van der Waals surface area contributed by atoms with Crippen LogP contribution in [0.15, 0.2) is 75.4 Å². The van der Waals surface area contributed by atoms with Crippen molar-refractivity contribution in [3.63, 3.8) is 0 Å². The first-order chi connectivity index (χ1) is 14.5. The highest BCUT2D eigenvalue weighted by atomic mass is 32.2. The second-order valence-corrected chi connectivity index (χ2v) is 9.04. The zero-order valence-electron chi connectivity index (χ0n) is 17.5. The van der Waals surface area contributed by atoms with E-state index in [1.54, 1.807) is 14.2 Å². The quantitative estimate of drug-likeness (QED) is 0.582. The van der Waals surface area contributed by atoms with Gasteiger partial charge in [0.15, 0.2) is 0 Å². The van der Waals surface area contributed by atoms with Crippen LogP contribution in [0.4, 0.5) is 0 Å². The number of hydrogen-bond acceptors (Lipinski definition) is 5. The second kappa shape index (κ2) is 8.20. The molecule has 0 saturated carbocycles. The third kappa shape index (κ3) is 3.61. The van der Waals surface area contributed by atoms with Crippen molar-refractivity contribution in [3.8, 4) is 5.75 Å². The summed E-state index contributed by atoms with van der Waals surface area (Å²) in [5, 5.41) is 1.91. The molecule has 1 heterocycles. The number of methoxy groups -OCH3 is 2. The van der Waals surface area contributed by atoms with E-state index in [4.69, 9.17) is 19.2 Å². The Morgan fingerprint density at radius 1 is 1.03 bits per heavy atom. The lowest BCUT2D eigenvalue weighted by Crippen LogP contribution is -2.37. The van der Waals surface area contributed by atoms with Gasteiger partial charge in [-0.1, -0.05) is 42.5 Å². The van der Waals surface area contributed by atoms with Crippen LogP contribution in [0, 0.1) is 0 Å². The van der Waals surface area contributed by atoms with Gasteiger partial charge in [-0.3, -0.25) is 0 Å². The maximum atomic E-state index is 13.8. The van der Waals surface area contributed by atoms with Gasteiger partial charge in [0.2, 0.25) is 5.90 Å². The van der Waals surface area contributed by atoms with Gasteiger partial charge in [0.1, 0.15) is 18.4 Å². The van der Waals surface area contributed by atoms with Crippen LogP contribution in [0.5, 0.6) is 5.75 Å². The number of rotatable bonds is 6. The molecule has 0 saturated heterocycles. The molecule has 1 aliphatic rings. The molecule has 0 spiro atoms. The van der Waals surface area contributed by atoms with E-state index in [0.717, 1.165) is 16.3 Å². The molecule has 1 unspecified atom stereocenters. The molecule has 5 nitrogen and oxygen atoms in total. The normalized spacial score (nSPS) is 17.5. The number of fused-ring (bicyclic) bond motifs is 1. The number of hydrogen-bond donors (Lipinski definition) is 0. The molecule has 0 aromatic heterocycles. The van der Waals surface area contributed by atoms with Crippen LogP contribution in [0.2, 0.25) is 0 Å². The minimum atomic E-state index is -1.49. The molecule has 3 aromatic carbocycles. The summed E-state index contributed by atoms with van der Waals surface area (Å²) in [6.07, 6.45) is 0. The Bertz CT molecular complexity index is 1140. The van der Waals surface area contributed by atoms with Crippen molar-refractivity contribution in [1.29, 1.82) is 0 Å². The molecule has 6 heteroatoms. The molecule has 0 amide bonds. The van der Waals surface area contributed by atoms with E-state index in [1.165, 1.54) is 0 Å². The molecule has 0 aliphatic carbocycles. The van der Waals surface area contributed by atoms with Crippen molar-refractivity contribution in [3.05, 3.63) is 66.2 Å². The molecule has 0 bridgehead atoms. The highest BCUT2D eigenvalue weighted by molar-refractivity contribution is 7.85. The van der Waals surface area contributed by atoms with E-state index in [-0.39, 0.29) is 6.04 Å². The van der Waals surface area contributed by atoms with Crippen molar-refractivity contribution in [2.24, 2.45) is 4.99 Å². The molecule has 4 rings (SSSR count). The van der Waals surface area contributed by atoms with Crippen LogP contribution in [-0.4, -0.2) is 42.6 Å². The first-order valence-electron chi connectivity index (χ1n) is 9.79. The topological polar surface area (TPSA) is 57.1 Å². The van der Waals surface area contributed by atoms with Crippen LogP contribution in [-0.2, 0) is 20.3 Å². The van der Waals surface area contributed by atoms with Crippen molar-refractivity contribution in [2.75, 3.05) is 20.8 Å². The highest BCUT2D eigenvalue weighted by Gasteiger charge is 2.35. The number of ether oxygens (including phenoxy) is 3. The summed E-state index contributed by atoms with van der Waals surface area (Å²) in [7, 11) is 1.77. The van der Waals surface area contributed by atoms with Gasteiger partial charge in [0.05, 0.1) is 38.9 Å². The Labute approximate surface area is 179 Å². The lowest BCUT2D eigenvalue weighted by Gasteiger charge is -2.26. The van der Waals surface area contributed by atoms with E-state index in [9.17, 15) is 4.21 Å². The monoisotopic (exact) mass is 423 g/mol. The van der Waals surface area contributed by atoms with Crippen LogP contribution >= 0.6 is 0 Å². The van der Waals surface area contributed by atoms with Gasteiger partial charge in [-0.05, 0) is 37.4 Å². The third-order valence-corrected chi connectivity index (χ3v) is 7.09. The fourth-order valence-electron chi connectivity index (χ4n) is 3.50. The summed E-state index contributed by atoms with van der Waals surface area (Å²) in [6.45, 7) is 4.39. The van der Waals surface area contributed by atoms with Gasteiger partial charge in [-0.2, -0.15) is 0 Å². The lowest BCUT2D eigenvalue weighted by molar-refractivity contribution is -0.00432. The smallest absolute Gasteiger partial charge is 0.217 e. The van der Waals surface area contributed by atoms with Gasteiger partial charge in [0, 0.05) is 12.5 Å². The Morgan fingerprint density at radius 3 is 2.53 bits per heavy atom. The molecule has 30 heavy (non-hydrogen) atoms. The molecular weight excluding hydrogens is 398 g/mol. The summed E-state index contributed by atoms with van der Waals surface area (Å²) in [5.41, 5.74) is 0.273. The molecule has 0 radical (unpaired) electrons. The van der Waals surface area contributed by atoms with E-state index >= 15 is 0 Å². The van der Waals surface area contributed by atoms with E-state index in [2.05, 4.69) is 0 Å². The summed E-state index contributed by atoms with van der Waals surface area (Å²) in [4.78, 5) is 6.04. The molecule has 2 atom stereocenters. The number of benzene rings is 3. The predicted octanol–water partition coefficient (Wildman–Crippen LogP) is 4.59. The fraction of sp³-hybridized carbons (Fsp3) is 0.292. The average Bonchev–Trinajstić information content (AvgIpc) is 3.29. The van der Waals surface area contributed by atoms with E-state index in [1.807, 2.05) is 74.5 Å². The van der Waals surface area contributed by atoms with Gasteiger partial charge < -0.3 is 14.2 Å². The first-order valence-corrected chi connectivity index (χ1v) is 10.9. The maximum absolute atomic E-state index is 13.8. The Morgan fingerprint density at radius 2 is 1.77 bits per heavy atom. The second-order valence-electron chi connectivity index (χ2n) is 7.65. The van der Waals surface area contributed by atoms with Crippen molar-refractivity contribution >= 4 is 27.5 Å².